The highest BCUT2D eigenvalue weighted by Crippen LogP contribution is 2.27. The lowest BCUT2D eigenvalue weighted by Gasteiger charge is -2.38. The number of nitrogens with two attached hydrogens (primary N) is 1. The van der Waals surface area contributed by atoms with Crippen LogP contribution in [0.1, 0.15) is 12.0 Å². The number of aryl methyl sites for hydroxylation is 1. The molecule has 1 aromatic carbocycles. The van der Waals surface area contributed by atoms with Crippen molar-refractivity contribution in [1.29, 1.82) is 0 Å². The molecule has 0 saturated carbocycles. The van der Waals surface area contributed by atoms with Gasteiger partial charge in [0.1, 0.15) is 0 Å². The van der Waals surface area contributed by atoms with E-state index in [0.29, 0.717) is 12.5 Å². The Morgan fingerprint density at radius 3 is 2.79 bits per heavy atom. The van der Waals surface area contributed by atoms with Gasteiger partial charge in [0.15, 0.2) is 0 Å². The van der Waals surface area contributed by atoms with Gasteiger partial charge in [0.25, 0.3) is 0 Å². The molecule has 0 aromatic heterocycles. The number of hydrogen-bond acceptors (Lipinski definition) is 2. The second-order valence-corrected chi connectivity index (χ2v) is 6.00. The molecule has 0 aliphatic carbocycles. The highest BCUT2D eigenvalue weighted by atomic mass is 79.9. The molecule has 5 heteroatoms. The van der Waals surface area contributed by atoms with Crippen LogP contribution in [0.5, 0.6) is 0 Å². The Bertz CT molecular complexity index is 478. The summed E-state index contributed by atoms with van der Waals surface area (Å²) in [4.78, 5) is 15.9. The van der Waals surface area contributed by atoms with Crippen LogP contribution in [0, 0.1) is 12.8 Å². The molecule has 1 aliphatic rings. The molecule has 1 unspecified atom stereocenters. The predicted molar refractivity (Wildman–Crippen MR) is 81.4 cm³/mol. The molecule has 1 fully saturated rings. The molecule has 4 nitrogen and oxygen atoms in total. The van der Waals surface area contributed by atoms with Crippen LogP contribution in [0.15, 0.2) is 22.7 Å². The number of nitrogens with zero attached hydrogens (tertiary/aromatic N) is 2. The summed E-state index contributed by atoms with van der Waals surface area (Å²) in [6.45, 7) is 4.24. The minimum absolute atomic E-state index is 0.0648. The fraction of sp³-hybridized carbons (Fsp3) is 0.500. The summed E-state index contributed by atoms with van der Waals surface area (Å²) in [5, 5.41) is 0. The molecule has 1 heterocycles. The van der Waals surface area contributed by atoms with E-state index in [4.69, 9.17) is 5.73 Å². The third-order valence-corrected chi connectivity index (χ3v) is 4.45. The summed E-state index contributed by atoms with van der Waals surface area (Å²) < 4.78 is 1.06. The van der Waals surface area contributed by atoms with Crippen molar-refractivity contribution >= 4 is 27.6 Å². The van der Waals surface area contributed by atoms with Crippen molar-refractivity contribution in [2.75, 3.05) is 31.6 Å². The second kappa shape index (κ2) is 5.92. The maximum absolute atomic E-state index is 12.3. The molecule has 2 amide bonds. The molecule has 19 heavy (non-hydrogen) atoms. The SMILES string of the molecule is Cc1cc(N2CC(CCN)CN(C)C2=O)ccc1Br. The zero-order valence-corrected chi connectivity index (χ0v) is 13.0. The van der Waals surface area contributed by atoms with E-state index in [9.17, 15) is 4.79 Å². The maximum atomic E-state index is 12.3. The Hall–Kier alpha value is -1.07. The maximum Gasteiger partial charge on any atom is 0.324 e. The van der Waals surface area contributed by atoms with E-state index in [0.717, 1.165) is 35.2 Å². The molecular weight excluding hydrogens is 306 g/mol. The number of anilines is 1. The number of benzene rings is 1. The van der Waals surface area contributed by atoms with Gasteiger partial charge in [0.05, 0.1) is 0 Å². The van der Waals surface area contributed by atoms with Crippen molar-refractivity contribution in [2.24, 2.45) is 11.7 Å². The Kier molecular flexibility index (Phi) is 4.47. The lowest BCUT2D eigenvalue weighted by Crippen LogP contribution is -2.52. The Labute approximate surface area is 122 Å². The van der Waals surface area contributed by atoms with Crippen molar-refractivity contribution < 1.29 is 4.79 Å². The van der Waals surface area contributed by atoms with E-state index < -0.39 is 0 Å². The van der Waals surface area contributed by atoms with E-state index in [-0.39, 0.29) is 6.03 Å². The predicted octanol–water partition coefficient (Wildman–Crippen LogP) is 2.59. The molecule has 1 saturated heterocycles. The topological polar surface area (TPSA) is 49.6 Å². The lowest BCUT2D eigenvalue weighted by molar-refractivity contribution is 0.191. The summed E-state index contributed by atoms with van der Waals surface area (Å²) in [5.41, 5.74) is 7.73. The number of amides is 2. The molecule has 1 aromatic rings. The van der Waals surface area contributed by atoms with E-state index in [1.165, 1.54) is 0 Å². The standard InChI is InChI=1S/C14H20BrN3O/c1-10-7-12(3-4-13(10)15)18-9-11(5-6-16)8-17(2)14(18)19/h3-4,7,11H,5-6,8-9,16H2,1-2H3. The highest BCUT2D eigenvalue weighted by molar-refractivity contribution is 9.10. The first-order valence-corrected chi connectivity index (χ1v) is 7.31. The van der Waals surface area contributed by atoms with Crippen LogP contribution in [-0.4, -0.2) is 37.6 Å². The van der Waals surface area contributed by atoms with Gasteiger partial charge in [-0.25, -0.2) is 4.79 Å². The van der Waals surface area contributed by atoms with E-state index in [1.807, 2.05) is 37.1 Å². The van der Waals surface area contributed by atoms with Gasteiger partial charge in [0, 0.05) is 30.3 Å². The van der Waals surface area contributed by atoms with E-state index >= 15 is 0 Å². The van der Waals surface area contributed by atoms with Crippen molar-refractivity contribution in [3.8, 4) is 0 Å². The van der Waals surface area contributed by atoms with Crippen LogP contribution in [-0.2, 0) is 0 Å². The van der Waals surface area contributed by atoms with Gasteiger partial charge in [-0.2, -0.15) is 0 Å². The number of rotatable bonds is 3. The minimum atomic E-state index is 0.0648. The number of hydrogen-bond donors (Lipinski definition) is 1. The first-order chi connectivity index (χ1) is 9.02. The van der Waals surface area contributed by atoms with Crippen LogP contribution < -0.4 is 10.6 Å². The van der Waals surface area contributed by atoms with Gasteiger partial charge < -0.3 is 10.6 Å². The summed E-state index contributed by atoms with van der Waals surface area (Å²) in [6.07, 6.45) is 0.948. The van der Waals surface area contributed by atoms with Gasteiger partial charge in [-0.3, -0.25) is 4.90 Å². The molecular formula is C14H20BrN3O. The first-order valence-electron chi connectivity index (χ1n) is 6.51. The summed E-state index contributed by atoms with van der Waals surface area (Å²) in [5.74, 6) is 0.441. The van der Waals surface area contributed by atoms with Crippen LogP contribution in [0.2, 0.25) is 0 Å². The van der Waals surface area contributed by atoms with Crippen molar-refractivity contribution in [3.63, 3.8) is 0 Å². The molecule has 0 radical (unpaired) electrons. The highest BCUT2D eigenvalue weighted by Gasteiger charge is 2.30. The van der Waals surface area contributed by atoms with Gasteiger partial charge in [-0.1, -0.05) is 15.9 Å². The van der Waals surface area contributed by atoms with Gasteiger partial charge >= 0.3 is 6.03 Å². The first kappa shape index (κ1) is 14.3. The van der Waals surface area contributed by atoms with E-state index in [2.05, 4.69) is 15.9 Å². The minimum Gasteiger partial charge on any atom is -0.330 e. The zero-order chi connectivity index (χ0) is 14.0. The number of urea groups is 1. The smallest absolute Gasteiger partial charge is 0.324 e. The number of carbonyl (C=O) groups excluding carboxylic acids is 1. The molecule has 2 rings (SSSR count). The number of carbonyl (C=O) groups is 1. The monoisotopic (exact) mass is 325 g/mol. The quantitative estimate of drug-likeness (QED) is 0.928. The summed E-state index contributed by atoms with van der Waals surface area (Å²) in [7, 11) is 1.85. The van der Waals surface area contributed by atoms with Gasteiger partial charge in [-0.05, 0) is 49.6 Å². The molecule has 0 spiro atoms. The normalized spacial score (nSPS) is 20.0. The number of halogens is 1. The average Bonchev–Trinajstić information content (AvgIpc) is 2.37. The lowest BCUT2D eigenvalue weighted by atomic mass is 10.0. The Morgan fingerprint density at radius 1 is 1.42 bits per heavy atom. The molecule has 1 aliphatic heterocycles. The third-order valence-electron chi connectivity index (χ3n) is 3.56. The molecule has 2 N–H and O–H groups in total. The second-order valence-electron chi connectivity index (χ2n) is 5.15. The Morgan fingerprint density at radius 2 is 2.16 bits per heavy atom. The van der Waals surface area contributed by atoms with Crippen LogP contribution in [0.25, 0.3) is 0 Å². The van der Waals surface area contributed by atoms with Crippen molar-refractivity contribution in [1.82, 2.24) is 4.90 Å². The van der Waals surface area contributed by atoms with Gasteiger partial charge in [0.2, 0.25) is 0 Å². The van der Waals surface area contributed by atoms with Crippen molar-refractivity contribution in [3.05, 3.63) is 28.2 Å². The average molecular weight is 326 g/mol. The van der Waals surface area contributed by atoms with Crippen LogP contribution in [0.3, 0.4) is 0 Å². The molecule has 104 valence electrons. The Balaban J connectivity index is 2.24. The van der Waals surface area contributed by atoms with Gasteiger partial charge in [-0.15, -0.1) is 0 Å². The van der Waals surface area contributed by atoms with Crippen LogP contribution >= 0.6 is 15.9 Å². The van der Waals surface area contributed by atoms with Crippen molar-refractivity contribution in [2.45, 2.75) is 13.3 Å². The zero-order valence-electron chi connectivity index (χ0n) is 11.4. The largest absolute Gasteiger partial charge is 0.330 e. The van der Waals surface area contributed by atoms with Crippen LogP contribution in [0.4, 0.5) is 10.5 Å². The third kappa shape index (κ3) is 3.09. The molecule has 0 bridgehead atoms. The summed E-state index contributed by atoms with van der Waals surface area (Å²) >= 11 is 3.49. The van der Waals surface area contributed by atoms with E-state index in [1.54, 1.807) is 4.90 Å². The fourth-order valence-electron chi connectivity index (χ4n) is 2.50. The summed E-state index contributed by atoms with van der Waals surface area (Å²) in [6, 6.07) is 6.08. The molecule has 1 atom stereocenters. The fourth-order valence-corrected chi connectivity index (χ4v) is 2.74.